The topological polar surface area (TPSA) is 120 Å². The van der Waals surface area contributed by atoms with Gasteiger partial charge >= 0.3 is 6.55 Å². The minimum atomic E-state index is -2.97. The Bertz CT molecular complexity index is 1520. The van der Waals surface area contributed by atoms with E-state index >= 15 is 0 Å². The summed E-state index contributed by atoms with van der Waals surface area (Å²) in [7, 11) is 0. The van der Waals surface area contributed by atoms with Crippen LogP contribution in [-0.2, 0) is 20.9 Å². The molecule has 0 atom stereocenters. The predicted molar refractivity (Wildman–Crippen MR) is 144 cm³/mol. The summed E-state index contributed by atoms with van der Waals surface area (Å²) >= 11 is 0. The van der Waals surface area contributed by atoms with Crippen LogP contribution in [0, 0.1) is 0 Å². The van der Waals surface area contributed by atoms with Crippen LogP contribution in [0.2, 0.25) is 0 Å². The van der Waals surface area contributed by atoms with Crippen molar-refractivity contribution < 1.29 is 33.0 Å². The number of aromatic amines is 1. The fourth-order valence-electron chi connectivity index (χ4n) is 4.33. The van der Waals surface area contributed by atoms with Crippen molar-refractivity contribution in [1.82, 2.24) is 14.5 Å². The average Bonchev–Trinajstić information content (AvgIpc) is 3.30. The van der Waals surface area contributed by atoms with E-state index in [1.807, 2.05) is 18.2 Å². The van der Waals surface area contributed by atoms with Crippen LogP contribution in [0.15, 0.2) is 65.8 Å². The van der Waals surface area contributed by atoms with Gasteiger partial charge in [0.05, 0.1) is 17.6 Å². The molecular formula is C28H29F2N5O5. The monoisotopic (exact) mass is 553 g/mol. The highest BCUT2D eigenvalue weighted by Crippen LogP contribution is 2.22. The number of H-pyrrole nitrogens is 1. The fourth-order valence-corrected chi connectivity index (χ4v) is 4.33. The molecule has 0 spiro atoms. The van der Waals surface area contributed by atoms with Gasteiger partial charge in [0, 0.05) is 37.1 Å². The molecule has 1 aliphatic heterocycles. The summed E-state index contributed by atoms with van der Waals surface area (Å²) in [6.45, 7) is -0.0471. The molecule has 2 heterocycles. The first-order valence-electron chi connectivity index (χ1n) is 12.6. The zero-order valence-electron chi connectivity index (χ0n) is 21.8. The van der Waals surface area contributed by atoms with Gasteiger partial charge in [0.2, 0.25) is 12.0 Å². The molecule has 0 unspecified atom stereocenters. The number of rotatable bonds is 10. The van der Waals surface area contributed by atoms with Crippen molar-refractivity contribution in [3.05, 3.63) is 77.6 Å². The molecule has 12 heteroatoms. The number of hydrogen-bond acceptors (Lipinski definition) is 5. The molecule has 1 fully saturated rings. The second-order valence-electron chi connectivity index (χ2n) is 8.86. The van der Waals surface area contributed by atoms with Crippen molar-refractivity contribution in [1.29, 1.82) is 0 Å². The number of anilines is 1. The SMILES string of the molecule is C/C=C(\C=C/N(C=O)C(F)F)c1cccc(C(=O)/N=c2\[nH]c3cc(N4CCOCC4=O)ccc3n2CCCO)c1. The minimum Gasteiger partial charge on any atom is -0.396 e. The molecule has 4 rings (SSSR count). The number of aliphatic hydroxyl groups excluding tert-OH is 1. The number of ether oxygens (including phenoxy) is 1. The number of aliphatic hydroxyl groups is 1. The molecule has 1 aliphatic rings. The third-order valence-electron chi connectivity index (χ3n) is 6.35. The molecule has 2 N–H and O–H groups in total. The molecule has 1 saturated heterocycles. The molecule has 3 amide bonds. The van der Waals surface area contributed by atoms with Gasteiger partial charge in [0.25, 0.3) is 11.8 Å². The van der Waals surface area contributed by atoms with Crippen LogP contribution >= 0.6 is 0 Å². The number of nitrogens with zero attached hydrogens (tertiary/aromatic N) is 4. The van der Waals surface area contributed by atoms with E-state index in [2.05, 4.69) is 9.98 Å². The van der Waals surface area contributed by atoms with E-state index in [-0.39, 0.29) is 41.6 Å². The summed E-state index contributed by atoms with van der Waals surface area (Å²) in [6.07, 6.45) is 4.46. The first-order chi connectivity index (χ1) is 19.4. The van der Waals surface area contributed by atoms with E-state index in [1.54, 1.807) is 46.7 Å². The standard InChI is InChI=1S/C28H29F2N5O5/c1-2-19(9-11-33(18-37)27(29)30)20-5-3-6-21(15-20)26(39)32-28-31-23-16-22(34-12-14-40-17-25(34)38)7-8-24(23)35(28)10-4-13-36/h2-3,5-9,11,15-16,18,27,36H,4,10,12-14,17H2,1H3,(H,31,32,39)/b11-9-,19-2+. The van der Waals surface area contributed by atoms with E-state index in [9.17, 15) is 28.3 Å². The number of carbonyl (C=O) groups is 3. The number of benzene rings is 2. The zero-order valence-corrected chi connectivity index (χ0v) is 21.8. The number of carbonyl (C=O) groups excluding carboxylic acids is 3. The van der Waals surface area contributed by atoms with Gasteiger partial charge in [-0.25, -0.2) is 0 Å². The molecule has 0 bridgehead atoms. The van der Waals surface area contributed by atoms with Crippen LogP contribution < -0.4 is 10.5 Å². The number of alkyl halides is 2. The highest BCUT2D eigenvalue weighted by Gasteiger charge is 2.21. The maximum absolute atomic E-state index is 13.2. The fraction of sp³-hybridized carbons (Fsp3) is 0.286. The van der Waals surface area contributed by atoms with Crippen molar-refractivity contribution in [3.63, 3.8) is 0 Å². The molecule has 0 radical (unpaired) electrons. The quantitative estimate of drug-likeness (QED) is 0.227. The van der Waals surface area contributed by atoms with Crippen LogP contribution in [0.25, 0.3) is 16.6 Å². The highest BCUT2D eigenvalue weighted by molar-refractivity contribution is 5.97. The third-order valence-corrected chi connectivity index (χ3v) is 6.35. The number of amides is 3. The van der Waals surface area contributed by atoms with Crippen molar-refractivity contribution in [2.75, 3.05) is 31.3 Å². The molecule has 40 heavy (non-hydrogen) atoms. The molecule has 210 valence electrons. The van der Waals surface area contributed by atoms with Crippen LogP contribution in [-0.4, -0.2) is 70.7 Å². The lowest BCUT2D eigenvalue weighted by Gasteiger charge is -2.26. The lowest BCUT2D eigenvalue weighted by molar-refractivity contribution is -0.126. The number of imidazole rings is 1. The Hall–Kier alpha value is -4.42. The minimum absolute atomic E-state index is 0.0136. The number of allylic oxidation sites excluding steroid dienone is 3. The summed E-state index contributed by atoms with van der Waals surface area (Å²) in [5.74, 6) is -0.690. The maximum atomic E-state index is 13.2. The van der Waals surface area contributed by atoms with Crippen LogP contribution in [0.3, 0.4) is 0 Å². The number of nitrogens with one attached hydrogen (secondary N) is 1. The second-order valence-corrected chi connectivity index (χ2v) is 8.86. The number of halogens is 2. The molecular weight excluding hydrogens is 524 g/mol. The van der Waals surface area contributed by atoms with Crippen molar-refractivity contribution >= 4 is 40.5 Å². The summed E-state index contributed by atoms with van der Waals surface area (Å²) < 4.78 is 32.8. The van der Waals surface area contributed by atoms with E-state index < -0.39 is 12.5 Å². The number of aromatic nitrogens is 2. The summed E-state index contributed by atoms with van der Waals surface area (Å²) in [5, 5.41) is 9.41. The first-order valence-corrected chi connectivity index (χ1v) is 12.6. The molecule has 1 aromatic heterocycles. The molecule has 0 saturated carbocycles. The Balaban J connectivity index is 1.68. The van der Waals surface area contributed by atoms with Gasteiger partial charge in [-0.05, 0) is 60.9 Å². The van der Waals surface area contributed by atoms with E-state index in [0.717, 1.165) is 11.7 Å². The smallest absolute Gasteiger partial charge is 0.320 e. The predicted octanol–water partition coefficient (Wildman–Crippen LogP) is 3.05. The van der Waals surface area contributed by atoms with Gasteiger partial charge in [-0.15, -0.1) is 0 Å². The second kappa shape index (κ2) is 13.1. The first kappa shape index (κ1) is 28.6. The highest BCUT2D eigenvalue weighted by atomic mass is 19.3. The number of fused-ring (bicyclic) bond motifs is 1. The summed E-state index contributed by atoms with van der Waals surface area (Å²) in [4.78, 5) is 45.7. The van der Waals surface area contributed by atoms with E-state index in [0.29, 0.717) is 48.5 Å². The number of morpholine rings is 1. The van der Waals surface area contributed by atoms with Crippen molar-refractivity contribution in [3.8, 4) is 0 Å². The van der Waals surface area contributed by atoms with Gasteiger partial charge in [0.15, 0.2) is 0 Å². The molecule has 0 aliphatic carbocycles. The lowest BCUT2D eigenvalue weighted by atomic mass is 10.0. The normalized spacial score (nSPS) is 15.0. The number of aryl methyl sites for hydroxylation is 1. The van der Waals surface area contributed by atoms with Crippen molar-refractivity contribution in [2.45, 2.75) is 26.4 Å². The summed E-state index contributed by atoms with van der Waals surface area (Å²) in [6, 6.07) is 12.0. The largest absolute Gasteiger partial charge is 0.396 e. The Morgan fingerprint density at radius 1 is 1.25 bits per heavy atom. The van der Waals surface area contributed by atoms with Crippen LogP contribution in [0.5, 0.6) is 0 Å². The van der Waals surface area contributed by atoms with Gasteiger partial charge in [-0.2, -0.15) is 13.8 Å². The zero-order chi connectivity index (χ0) is 28.6. The summed E-state index contributed by atoms with van der Waals surface area (Å²) in [5.41, 5.74) is 3.73. The Morgan fingerprint density at radius 2 is 2.05 bits per heavy atom. The van der Waals surface area contributed by atoms with Gasteiger partial charge in [-0.1, -0.05) is 18.2 Å². The Morgan fingerprint density at radius 3 is 2.75 bits per heavy atom. The van der Waals surface area contributed by atoms with E-state index in [1.165, 1.54) is 6.08 Å². The molecule has 10 nitrogen and oxygen atoms in total. The van der Waals surface area contributed by atoms with E-state index in [4.69, 9.17) is 4.74 Å². The number of hydrogen-bond donors (Lipinski definition) is 2. The Labute approximate surface area is 228 Å². The molecule has 2 aromatic carbocycles. The van der Waals surface area contributed by atoms with Crippen LogP contribution in [0.1, 0.15) is 29.3 Å². The van der Waals surface area contributed by atoms with Crippen molar-refractivity contribution in [2.24, 2.45) is 4.99 Å². The van der Waals surface area contributed by atoms with Gasteiger partial charge in [0.1, 0.15) is 6.61 Å². The maximum Gasteiger partial charge on any atom is 0.320 e. The third kappa shape index (κ3) is 6.41. The average molecular weight is 554 g/mol. The van der Waals surface area contributed by atoms with Crippen LogP contribution in [0.4, 0.5) is 14.5 Å². The van der Waals surface area contributed by atoms with Gasteiger partial charge in [-0.3, -0.25) is 19.3 Å². The Kier molecular flexibility index (Phi) is 9.35. The van der Waals surface area contributed by atoms with Gasteiger partial charge < -0.3 is 24.3 Å². The molecule has 3 aromatic rings. The lowest BCUT2D eigenvalue weighted by Crippen LogP contribution is -2.41.